The van der Waals surface area contributed by atoms with Gasteiger partial charge in [-0.15, -0.1) is 0 Å². The van der Waals surface area contributed by atoms with Crippen LogP contribution in [-0.4, -0.2) is 68.7 Å². The third-order valence-corrected chi connectivity index (χ3v) is 14.5. The number of benzene rings is 4. The van der Waals surface area contributed by atoms with Crippen LogP contribution in [-0.2, 0) is 9.13 Å². The van der Waals surface area contributed by atoms with Crippen LogP contribution in [0, 0.1) is 0 Å². The van der Waals surface area contributed by atoms with Gasteiger partial charge >= 0.3 is 0 Å². The van der Waals surface area contributed by atoms with E-state index in [9.17, 15) is 0 Å². The van der Waals surface area contributed by atoms with Gasteiger partial charge in [0.15, 0.2) is 0 Å². The average molecular weight is 603 g/mol. The van der Waals surface area contributed by atoms with Gasteiger partial charge in [-0.1, -0.05) is 0 Å². The zero-order valence-electron chi connectivity index (χ0n) is 26.2. The highest BCUT2D eigenvalue weighted by Gasteiger charge is 2.34. The summed E-state index contributed by atoms with van der Waals surface area (Å²) in [7, 11) is 9.68. The maximum absolute atomic E-state index is 15.2. The van der Waals surface area contributed by atoms with Crippen molar-refractivity contribution in [2.45, 2.75) is 0 Å². The molecule has 0 radical (unpaired) electrons. The number of hydrogen-bond donors (Lipinski definition) is 0. The van der Waals surface area contributed by atoms with Crippen LogP contribution in [0.2, 0.25) is 0 Å². The zero-order valence-corrected chi connectivity index (χ0v) is 27.9. The highest BCUT2D eigenvalue weighted by Crippen LogP contribution is 2.51. The molecule has 4 aromatic carbocycles. The molecular weight excluding hydrogens is 558 g/mol. The molecule has 8 heteroatoms. The predicted octanol–water partition coefficient (Wildman–Crippen LogP) is 5.28. The Bertz CT molecular complexity index is 1330. The number of hydrogen-bond acceptors (Lipinski definition) is 6. The Kier molecular flexibility index (Phi) is 9.60. The van der Waals surface area contributed by atoms with Gasteiger partial charge in [0.2, 0.25) is 0 Å². The molecule has 0 saturated carbocycles. The summed E-state index contributed by atoms with van der Waals surface area (Å²) in [6.45, 7) is 0. The van der Waals surface area contributed by atoms with Gasteiger partial charge in [0.1, 0.15) is 14.3 Å². The van der Waals surface area contributed by atoms with Gasteiger partial charge in [0.25, 0.3) is 0 Å². The van der Waals surface area contributed by atoms with Crippen molar-refractivity contribution in [1.29, 1.82) is 0 Å². The quantitative estimate of drug-likeness (QED) is 0.218. The number of nitrogens with zero attached hydrogens (tertiary/aromatic N) is 4. The van der Waals surface area contributed by atoms with Crippen LogP contribution in [0.4, 0.5) is 22.7 Å². The van der Waals surface area contributed by atoms with Crippen molar-refractivity contribution >= 4 is 58.3 Å². The number of anilines is 4. The molecule has 0 aromatic heterocycles. The van der Waals surface area contributed by atoms with Crippen molar-refractivity contribution in [3.63, 3.8) is 0 Å². The Labute approximate surface area is 252 Å². The molecule has 0 aliphatic carbocycles. The molecule has 222 valence electrons. The van der Waals surface area contributed by atoms with Crippen LogP contribution in [0.15, 0.2) is 97.1 Å². The fourth-order valence-electron chi connectivity index (χ4n) is 5.06. The molecule has 42 heavy (non-hydrogen) atoms. The summed E-state index contributed by atoms with van der Waals surface area (Å²) in [6.07, 6.45) is 0.579. The van der Waals surface area contributed by atoms with Crippen molar-refractivity contribution in [3.8, 4) is 0 Å². The van der Waals surface area contributed by atoms with Crippen LogP contribution in [0.1, 0.15) is 0 Å². The second-order valence-electron chi connectivity index (χ2n) is 11.6. The summed E-state index contributed by atoms with van der Waals surface area (Å²) in [4.78, 5) is 8.13. The van der Waals surface area contributed by atoms with E-state index >= 15 is 9.13 Å². The largest absolute Gasteiger partial charge is 0.378 e. The van der Waals surface area contributed by atoms with Gasteiger partial charge in [0, 0.05) is 113 Å². The Morgan fingerprint density at radius 2 is 0.524 bits per heavy atom. The smallest absolute Gasteiger partial charge is 0.143 e. The van der Waals surface area contributed by atoms with Gasteiger partial charge in [0.05, 0.1) is 0 Å². The first-order chi connectivity index (χ1) is 19.8. The molecule has 0 aliphatic heterocycles. The lowest BCUT2D eigenvalue weighted by Gasteiger charge is -2.26. The molecule has 0 heterocycles. The fraction of sp³-hybridized carbons (Fsp3) is 0.294. The topological polar surface area (TPSA) is 47.1 Å². The predicted molar refractivity (Wildman–Crippen MR) is 187 cm³/mol. The summed E-state index contributed by atoms with van der Waals surface area (Å²) in [5, 5.41) is 3.12. The van der Waals surface area contributed by atoms with Gasteiger partial charge in [-0.2, -0.15) is 0 Å². The van der Waals surface area contributed by atoms with Crippen LogP contribution >= 0.6 is 14.3 Å². The Morgan fingerprint density at radius 3 is 0.667 bits per heavy atom. The number of rotatable bonds is 11. The van der Waals surface area contributed by atoms with Gasteiger partial charge in [-0.25, -0.2) is 0 Å². The summed E-state index contributed by atoms with van der Waals surface area (Å²) >= 11 is 0. The summed E-state index contributed by atoms with van der Waals surface area (Å²) < 4.78 is 30.4. The lowest BCUT2D eigenvalue weighted by atomic mass is 10.3. The van der Waals surface area contributed by atoms with Crippen LogP contribution in [0.3, 0.4) is 0 Å². The van der Waals surface area contributed by atoms with Crippen LogP contribution in [0.25, 0.3) is 0 Å². The SMILES string of the molecule is CN(C)c1ccc(P(=O)(CCP(=O)(c2ccc(N(C)C)cc2)c2ccc(N(C)C)cc2)c2ccc(N(C)C)cc2)cc1. The molecule has 6 nitrogen and oxygen atoms in total. The van der Waals surface area contributed by atoms with E-state index in [2.05, 4.69) is 0 Å². The van der Waals surface area contributed by atoms with E-state index in [-0.39, 0.29) is 12.3 Å². The van der Waals surface area contributed by atoms with E-state index in [1.165, 1.54) is 0 Å². The van der Waals surface area contributed by atoms with E-state index < -0.39 is 14.3 Å². The van der Waals surface area contributed by atoms with Crippen molar-refractivity contribution < 1.29 is 9.13 Å². The highest BCUT2D eigenvalue weighted by atomic mass is 31.2. The molecule has 0 unspecified atom stereocenters. The summed E-state index contributed by atoms with van der Waals surface area (Å²) in [5.74, 6) is 0. The van der Waals surface area contributed by atoms with E-state index in [0.29, 0.717) is 0 Å². The standard InChI is InChI=1S/C34H44N4O2P2/c1-35(2)27-9-17-31(18-10-27)41(39,32-19-11-28(12-20-32)36(3)4)25-26-42(40,33-21-13-29(14-22-33)37(5)6)34-23-15-30(16-24-34)38(7)8/h9-24H,25-26H2,1-8H3. The third kappa shape index (κ3) is 6.61. The van der Waals surface area contributed by atoms with Gasteiger partial charge in [-0.3, -0.25) is 0 Å². The molecule has 0 amide bonds. The van der Waals surface area contributed by atoms with Crippen molar-refractivity contribution in [1.82, 2.24) is 0 Å². The van der Waals surface area contributed by atoms with Crippen molar-refractivity contribution in [2.75, 3.05) is 88.3 Å². The zero-order chi connectivity index (χ0) is 30.7. The minimum Gasteiger partial charge on any atom is -0.378 e. The molecule has 0 fully saturated rings. The highest BCUT2D eigenvalue weighted by molar-refractivity contribution is 7.82. The molecule has 0 aliphatic rings. The van der Waals surface area contributed by atoms with Crippen molar-refractivity contribution in [2.24, 2.45) is 0 Å². The lowest BCUT2D eigenvalue weighted by Crippen LogP contribution is -2.25. The average Bonchev–Trinajstić information content (AvgIpc) is 2.99. The first-order valence-corrected chi connectivity index (χ1v) is 17.9. The molecule has 0 N–H and O–H groups in total. The Morgan fingerprint density at radius 1 is 0.357 bits per heavy atom. The molecule has 0 bridgehead atoms. The van der Waals surface area contributed by atoms with Gasteiger partial charge < -0.3 is 28.7 Å². The van der Waals surface area contributed by atoms with E-state index in [1.807, 2.05) is 173 Å². The molecule has 4 rings (SSSR count). The molecule has 0 saturated heterocycles. The first-order valence-electron chi connectivity index (χ1n) is 14.1. The fourth-order valence-corrected chi connectivity index (χ4v) is 11.5. The Hall–Kier alpha value is -3.46. The maximum atomic E-state index is 15.2. The second-order valence-corrected chi connectivity index (χ2v) is 17.5. The summed E-state index contributed by atoms with van der Waals surface area (Å²) in [6, 6.07) is 31.8. The second kappa shape index (κ2) is 12.8. The lowest BCUT2D eigenvalue weighted by molar-refractivity contribution is 0.582. The molecule has 4 aromatic rings. The molecular formula is C34H44N4O2P2. The molecule has 0 atom stereocenters. The monoisotopic (exact) mass is 602 g/mol. The van der Waals surface area contributed by atoms with E-state index in [1.54, 1.807) is 0 Å². The minimum atomic E-state index is -3.14. The normalized spacial score (nSPS) is 11.7. The van der Waals surface area contributed by atoms with Crippen molar-refractivity contribution in [3.05, 3.63) is 97.1 Å². The summed E-state index contributed by atoms with van der Waals surface area (Å²) in [5.41, 5.74) is 4.17. The van der Waals surface area contributed by atoms with E-state index in [4.69, 9.17) is 0 Å². The molecule has 0 spiro atoms. The van der Waals surface area contributed by atoms with E-state index in [0.717, 1.165) is 44.0 Å². The minimum absolute atomic E-state index is 0.289. The first kappa shape index (κ1) is 31.5. The maximum Gasteiger partial charge on any atom is 0.143 e. The van der Waals surface area contributed by atoms with Crippen LogP contribution in [0.5, 0.6) is 0 Å². The van der Waals surface area contributed by atoms with Crippen LogP contribution < -0.4 is 40.8 Å². The van der Waals surface area contributed by atoms with Gasteiger partial charge in [-0.05, 0) is 97.1 Å². The Balaban J connectivity index is 1.81. The third-order valence-electron chi connectivity index (χ3n) is 7.86.